The average molecular weight is 951 g/mol. The highest BCUT2D eigenvalue weighted by atomic mass is 35.5. The summed E-state index contributed by atoms with van der Waals surface area (Å²) in [4.78, 5) is 42.7. The van der Waals surface area contributed by atoms with Gasteiger partial charge in [0.15, 0.2) is 0 Å². The van der Waals surface area contributed by atoms with Crippen LogP contribution in [0.3, 0.4) is 0 Å². The van der Waals surface area contributed by atoms with Gasteiger partial charge in [-0.05, 0) is 103 Å². The molecule has 2 aromatic heterocycles. The Hall–Kier alpha value is -5.72. The summed E-state index contributed by atoms with van der Waals surface area (Å²) < 4.78 is 42.0. The van der Waals surface area contributed by atoms with E-state index in [2.05, 4.69) is 55.7 Å². The summed E-state index contributed by atoms with van der Waals surface area (Å²) in [6.45, 7) is 12.2. The zero-order chi connectivity index (χ0) is 46.5. The number of sulfonamides is 1. The fraction of sp³-hybridized carbons (Fsp3) is 0.429. The first kappa shape index (κ1) is 45.1. The van der Waals surface area contributed by atoms with Gasteiger partial charge in [0.05, 0.1) is 40.4 Å². The number of nitro benzene ring substituents is 1. The molecule has 6 heterocycles. The van der Waals surface area contributed by atoms with E-state index >= 15 is 0 Å². The van der Waals surface area contributed by atoms with Crippen LogP contribution < -0.4 is 24.6 Å². The molecule has 352 valence electrons. The molecular weight excluding hydrogens is 894 g/mol. The van der Waals surface area contributed by atoms with Crippen LogP contribution >= 0.6 is 11.6 Å². The number of halogens is 1. The third-order valence-electron chi connectivity index (χ3n) is 14.0. The number of carbonyl (C=O) groups excluding carboxylic acids is 1. The van der Waals surface area contributed by atoms with Crippen molar-refractivity contribution in [2.24, 2.45) is 5.41 Å². The molecule has 3 fully saturated rings. The monoisotopic (exact) mass is 949 g/mol. The Morgan fingerprint density at radius 2 is 1.84 bits per heavy atom. The van der Waals surface area contributed by atoms with Crippen LogP contribution in [-0.4, -0.2) is 123 Å². The van der Waals surface area contributed by atoms with Gasteiger partial charge < -0.3 is 29.6 Å². The highest BCUT2D eigenvalue weighted by Gasteiger charge is 2.38. The van der Waals surface area contributed by atoms with Gasteiger partial charge in [-0.3, -0.25) is 24.7 Å². The van der Waals surface area contributed by atoms with Gasteiger partial charge in [-0.15, -0.1) is 0 Å². The minimum absolute atomic E-state index is 0.115. The van der Waals surface area contributed by atoms with Crippen LogP contribution in [0.4, 0.5) is 28.4 Å². The van der Waals surface area contributed by atoms with Crippen molar-refractivity contribution in [2.45, 2.75) is 63.0 Å². The Kier molecular flexibility index (Phi) is 12.4. The van der Waals surface area contributed by atoms with Crippen molar-refractivity contribution >= 4 is 72.6 Å². The maximum absolute atomic E-state index is 14.4. The minimum atomic E-state index is -4.57. The summed E-state index contributed by atoms with van der Waals surface area (Å²) >= 11 is 6.28. The number of pyridine rings is 1. The number of morpholine rings is 1. The maximum Gasteiger partial charge on any atom is 0.293 e. The number of benzene rings is 3. The normalized spacial score (nSPS) is 21.0. The second-order valence-corrected chi connectivity index (χ2v) is 21.2. The number of nitro groups is 1. The van der Waals surface area contributed by atoms with E-state index in [4.69, 9.17) is 26.1 Å². The molecule has 10 rings (SSSR count). The maximum atomic E-state index is 14.4. The van der Waals surface area contributed by atoms with Crippen LogP contribution in [0.15, 0.2) is 89.5 Å². The molecule has 0 radical (unpaired) electrons. The summed E-state index contributed by atoms with van der Waals surface area (Å²) in [5, 5.41) is 17.0. The summed E-state index contributed by atoms with van der Waals surface area (Å²) in [5.74, 6) is -0.477. The fourth-order valence-electron chi connectivity index (χ4n) is 10.3. The van der Waals surface area contributed by atoms with Crippen LogP contribution in [-0.2, 0) is 14.8 Å². The third-order valence-corrected chi connectivity index (χ3v) is 15.6. The molecule has 0 saturated carbocycles. The lowest BCUT2D eigenvalue weighted by molar-refractivity contribution is -0.384. The van der Waals surface area contributed by atoms with Gasteiger partial charge in [0.1, 0.15) is 17.0 Å². The number of piperazine rings is 1. The van der Waals surface area contributed by atoms with Gasteiger partial charge in [0.25, 0.3) is 21.6 Å². The molecule has 1 aliphatic carbocycles. The molecule has 18 heteroatoms. The summed E-state index contributed by atoms with van der Waals surface area (Å²) in [6.07, 6.45) is 6.83. The third kappa shape index (κ3) is 9.57. The van der Waals surface area contributed by atoms with Crippen molar-refractivity contribution in [2.75, 3.05) is 87.2 Å². The summed E-state index contributed by atoms with van der Waals surface area (Å²) in [5.41, 5.74) is 6.95. The Morgan fingerprint density at radius 1 is 1.01 bits per heavy atom. The SMILES string of the molecule is CC1(C)CCC(CN2CCN(c3ccc(C(=O)NS(=O)(=O)c4ccc(NCCN5CC6CC5CO6)c([N+](=O)[O-])c4)c(N4CCCOc5nc6[nH]ccc6cc54)c3)CC2)=C(c2ccc(Cl)cc2)C1. The van der Waals surface area contributed by atoms with E-state index in [1.54, 1.807) is 12.3 Å². The van der Waals surface area contributed by atoms with Crippen molar-refractivity contribution in [1.29, 1.82) is 0 Å². The molecule has 3 N–H and O–H groups in total. The predicted molar refractivity (Wildman–Crippen MR) is 260 cm³/mol. The molecule has 3 saturated heterocycles. The largest absolute Gasteiger partial charge is 0.476 e. The van der Waals surface area contributed by atoms with E-state index in [1.165, 1.54) is 28.8 Å². The quantitative estimate of drug-likeness (QED) is 0.0769. The van der Waals surface area contributed by atoms with E-state index in [0.717, 1.165) is 87.1 Å². The van der Waals surface area contributed by atoms with Gasteiger partial charge in [-0.25, -0.2) is 13.1 Å². The van der Waals surface area contributed by atoms with Crippen molar-refractivity contribution in [3.8, 4) is 5.88 Å². The molecule has 1 amide bonds. The van der Waals surface area contributed by atoms with Crippen molar-refractivity contribution < 1.29 is 27.6 Å². The zero-order valence-corrected chi connectivity index (χ0v) is 39.4. The van der Waals surface area contributed by atoms with Gasteiger partial charge in [0, 0.05) is 93.3 Å². The number of ether oxygens (including phenoxy) is 2. The van der Waals surface area contributed by atoms with Crippen LogP contribution in [0, 0.1) is 15.5 Å². The van der Waals surface area contributed by atoms with Gasteiger partial charge >= 0.3 is 0 Å². The predicted octanol–water partition coefficient (Wildman–Crippen LogP) is 7.83. The van der Waals surface area contributed by atoms with Crippen molar-refractivity contribution in [1.82, 2.24) is 24.5 Å². The zero-order valence-electron chi connectivity index (χ0n) is 37.8. The lowest BCUT2D eigenvalue weighted by Crippen LogP contribution is -2.47. The molecule has 0 spiro atoms. The molecular formula is C49H56ClN9O7S. The van der Waals surface area contributed by atoms with Crippen molar-refractivity contribution in [3.05, 3.63) is 111 Å². The number of H-pyrrole nitrogens is 1. The van der Waals surface area contributed by atoms with E-state index < -0.39 is 31.4 Å². The van der Waals surface area contributed by atoms with E-state index in [0.29, 0.717) is 68.2 Å². The van der Waals surface area contributed by atoms with E-state index in [-0.39, 0.29) is 22.8 Å². The number of nitrogens with one attached hydrogen (secondary N) is 3. The fourth-order valence-corrected chi connectivity index (χ4v) is 11.5. The highest BCUT2D eigenvalue weighted by Crippen LogP contribution is 2.44. The molecule has 2 bridgehead atoms. The van der Waals surface area contributed by atoms with Gasteiger partial charge in [-0.2, -0.15) is 4.98 Å². The van der Waals surface area contributed by atoms with Crippen molar-refractivity contribution in [3.63, 3.8) is 0 Å². The molecule has 2 unspecified atom stereocenters. The summed E-state index contributed by atoms with van der Waals surface area (Å²) in [6, 6.07) is 21.6. The molecule has 67 heavy (non-hydrogen) atoms. The first-order valence-electron chi connectivity index (χ1n) is 23.2. The lowest BCUT2D eigenvalue weighted by atomic mass is 9.72. The van der Waals surface area contributed by atoms with E-state index in [9.17, 15) is 23.3 Å². The smallest absolute Gasteiger partial charge is 0.293 e. The Balaban J connectivity index is 0.903. The first-order valence-corrected chi connectivity index (χ1v) is 25.0. The number of hydrogen-bond donors (Lipinski definition) is 3. The number of aromatic amines is 1. The molecule has 3 aromatic carbocycles. The number of likely N-dealkylation sites (tertiary alicyclic amines) is 1. The number of anilines is 4. The summed E-state index contributed by atoms with van der Waals surface area (Å²) in [7, 11) is -4.57. The van der Waals surface area contributed by atoms with Gasteiger partial charge in [-0.1, -0.05) is 43.2 Å². The molecule has 16 nitrogen and oxygen atoms in total. The standard InChI is InChI=1S/C49H56ClN9O7S/c1-49(2)14-12-34(41(28-49)32-4-6-35(50)7-5-32)29-55-19-21-56(22-20-55)36-8-10-40(43(26-36)58-17-3-23-65-48-45(58)24-33-13-15-52-46(33)53-48)47(60)54-67(63,64)39-9-11-42(44(27-39)59(61)62)51-16-18-57-30-38-25-37(57)31-66-38/h4-11,13,15,24,26-27,37-38,51H,3,12,14,16-23,25,28-31H2,1-2H3,(H,52,53)(H,54,60). The number of carbonyl (C=O) groups is 1. The number of fused-ring (bicyclic) bond motifs is 4. The second-order valence-electron chi connectivity index (χ2n) is 19.1. The average Bonchev–Trinajstić information content (AvgIpc) is 4.04. The van der Waals surface area contributed by atoms with Crippen LogP contribution in [0.5, 0.6) is 5.88 Å². The van der Waals surface area contributed by atoms with Crippen LogP contribution in [0.1, 0.15) is 61.9 Å². The van der Waals surface area contributed by atoms with Crippen LogP contribution in [0.2, 0.25) is 5.02 Å². The molecule has 2 atom stereocenters. The number of allylic oxidation sites excluding steroid dienone is 1. The molecule has 5 aliphatic rings. The number of amides is 1. The Morgan fingerprint density at radius 3 is 2.60 bits per heavy atom. The highest BCUT2D eigenvalue weighted by molar-refractivity contribution is 7.90. The lowest BCUT2D eigenvalue weighted by Gasteiger charge is -2.39. The molecule has 5 aromatic rings. The molecule has 4 aliphatic heterocycles. The topological polar surface area (TPSA) is 179 Å². The second kappa shape index (κ2) is 18.4. The first-order chi connectivity index (χ1) is 32.3. The number of hydrogen-bond acceptors (Lipinski definition) is 13. The van der Waals surface area contributed by atoms with E-state index in [1.807, 2.05) is 41.3 Å². The Labute approximate surface area is 395 Å². The number of rotatable bonds is 13. The minimum Gasteiger partial charge on any atom is -0.476 e. The number of aromatic nitrogens is 2. The number of nitrogens with zero attached hydrogens (tertiary/aromatic N) is 6. The Bertz CT molecular complexity index is 2840. The van der Waals surface area contributed by atoms with Gasteiger partial charge in [0.2, 0.25) is 5.88 Å². The van der Waals surface area contributed by atoms with Crippen LogP contribution in [0.25, 0.3) is 16.6 Å².